The minimum Gasteiger partial charge on any atom is -0.485 e. The summed E-state index contributed by atoms with van der Waals surface area (Å²) in [5.41, 5.74) is -0.268. The first kappa shape index (κ1) is 18.0. The SMILES string of the molecule is CC(C)(C)[C@@]12CO[C@@H](CN(C(=O)O)C1)C2Oc1ccc(Br)cc1C#N. The van der Waals surface area contributed by atoms with E-state index in [1.807, 2.05) is 6.07 Å². The predicted octanol–water partition coefficient (Wildman–Crippen LogP) is 3.49. The summed E-state index contributed by atoms with van der Waals surface area (Å²) in [7, 11) is 0. The van der Waals surface area contributed by atoms with Gasteiger partial charge in [0, 0.05) is 11.0 Å². The first-order valence-corrected chi connectivity index (χ1v) is 8.93. The van der Waals surface area contributed by atoms with Crippen LogP contribution in [0.3, 0.4) is 0 Å². The van der Waals surface area contributed by atoms with Gasteiger partial charge in [-0.2, -0.15) is 5.26 Å². The Morgan fingerprint density at radius 3 is 2.84 bits per heavy atom. The van der Waals surface area contributed by atoms with Crippen LogP contribution in [-0.2, 0) is 4.74 Å². The molecule has 134 valence electrons. The lowest BCUT2D eigenvalue weighted by molar-refractivity contribution is -0.0638. The average molecular weight is 409 g/mol. The van der Waals surface area contributed by atoms with E-state index in [-0.39, 0.29) is 24.2 Å². The lowest BCUT2D eigenvalue weighted by atomic mass is 9.62. The Labute approximate surface area is 155 Å². The molecule has 1 unspecified atom stereocenters. The largest absolute Gasteiger partial charge is 0.485 e. The zero-order valence-corrected chi connectivity index (χ0v) is 16.0. The van der Waals surface area contributed by atoms with Crippen molar-refractivity contribution >= 4 is 22.0 Å². The zero-order valence-electron chi connectivity index (χ0n) is 14.5. The number of hydrogen-bond donors (Lipinski definition) is 1. The normalized spacial score (nSPS) is 28.5. The van der Waals surface area contributed by atoms with Crippen molar-refractivity contribution in [3.05, 3.63) is 28.2 Å². The highest BCUT2D eigenvalue weighted by atomic mass is 79.9. The Bertz CT molecular complexity index is 740. The Hall–Kier alpha value is -1.78. The third-order valence-electron chi connectivity index (χ3n) is 5.39. The number of piperidine rings is 1. The Morgan fingerprint density at radius 2 is 2.24 bits per heavy atom. The van der Waals surface area contributed by atoms with Crippen LogP contribution < -0.4 is 4.74 Å². The second-order valence-electron chi connectivity index (χ2n) is 7.71. The number of likely N-dealkylation sites (tertiary alicyclic amines) is 1. The van der Waals surface area contributed by atoms with E-state index in [0.29, 0.717) is 24.5 Å². The molecule has 1 amide bonds. The van der Waals surface area contributed by atoms with Crippen molar-refractivity contribution in [3.8, 4) is 11.8 Å². The lowest BCUT2D eigenvalue weighted by Gasteiger charge is -2.50. The van der Waals surface area contributed by atoms with Crippen molar-refractivity contribution in [1.82, 2.24) is 4.90 Å². The molecule has 2 bridgehead atoms. The molecule has 2 aliphatic heterocycles. The summed E-state index contributed by atoms with van der Waals surface area (Å²) < 4.78 is 13.0. The van der Waals surface area contributed by atoms with Crippen LogP contribution in [0.25, 0.3) is 0 Å². The van der Waals surface area contributed by atoms with Crippen LogP contribution in [0.15, 0.2) is 22.7 Å². The molecule has 2 aliphatic rings. The number of halogens is 1. The maximum Gasteiger partial charge on any atom is 0.407 e. The minimum atomic E-state index is -0.941. The van der Waals surface area contributed by atoms with Crippen LogP contribution >= 0.6 is 15.9 Å². The van der Waals surface area contributed by atoms with Crippen LogP contribution in [0.2, 0.25) is 0 Å². The molecular weight excluding hydrogens is 388 g/mol. The molecule has 25 heavy (non-hydrogen) atoms. The van der Waals surface area contributed by atoms with Gasteiger partial charge < -0.3 is 19.5 Å². The molecule has 7 heteroatoms. The lowest BCUT2D eigenvalue weighted by Crippen LogP contribution is -2.62. The quantitative estimate of drug-likeness (QED) is 0.809. The van der Waals surface area contributed by atoms with Gasteiger partial charge in [0.25, 0.3) is 0 Å². The number of nitriles is 1. The van der Waals surface area contributed by atoms with Gasteiger partial charge in [0.2, 0.25) is 0 Å². The first-order chi connectivity index (χ1) is 11.7. The number of rotatable bonds is 2. The van der Waals surface area contributed by atoms with Gasteiger partial charge in [-0.25, -0.2) is 4.79 Å². The molecule has 1 aromatic carbocycles. The summed E-state index contributed by atoms with van der Waals surface area (Å²) in [6, 6.07) is 7.46. The van der Waals surface area contributed by atoms with Crippen LogP contribution in [0, 0.1) is 22.2 Å². The molecular formula is C18H21BrN2O4. The van der Waals surface area contributed by atoms with Crippen molar-refractivity contribution in [1.29, 1.82) is 5.26 Å². The van der Waals surface area contributed by atoms with Gasteiger partial charge in [-0.1, -0.05) is 36.7 Å². The topological polar surface area (TPSA) is 82.8 Å². The highest BCUT2D eigenvalue weighted by Crippen LogP contribution is 2.52. The van der Waals surface area contributed by atoms with E-state index in [2.05, 4.69) is 42.8 Å². The number of ether oxygens (including phenoxy) is 2. The van der Waals surface area contributed by atoms with Crippen molar-refractivity contribution in [2.24, 2.45) is 10.8 Å². The second kappa shape index (κ2) is 6.19. The van der Waals surface area contributed by atoms with E-state index >= 15 is 0 Å². The Kier molecular flexibility index (Phi) is 4.46. The smallest absolute Gasteiger partial charge is 0.407 e. The molecule has 0 radical (unpaired) electrons. The standard InChI is InChI=1S/C18H21BrN2O4/c1-17(2,3)18-9-21(16(22)23)8-14(24-10-18)15(18)25-13-5-4-12(19)6-11(13)7-20/h4-6,14-15H,8-10H2,1-3H3,(H,22,23)/t14-,15?,18+/m0/s1. The summed E-state index contributed by atoms with van der Waals surface area (Å²) in [6.07, 6.45) is -1.60. The fourth-order valence-corrected chi connectivity index (χ4v) is 4.09. The number of benzene rings is 1. The highest BCUT2D eigenvalue weighted by Gasteiger charge is 2.62. The summed E-state index contributed by atoms with van der Waals surface area (Å²) >= 11 is 3.36. The van der Waals surface area contributed by atoms with E-state index in [0.717, 1.165) is 4.47 Å². The number of hydrogen-bond acceptors (Lipinski definition) is 4. The van der Waals surface area contributed by atoms with E-state index < -0.39 is 11.5 Å². The van der Waals surface area contributed by atoms with Gasteiger partial charge in [-0.05, 0) is 23.6 Å². The third-order valence-corrected chi connectivity index (χ3v) is 5.88. The van der Waals surface area contributed by atoms with Crippen molar-refractivity contribution in [2.75, 3.05) is 19.7 Å². The maximum absolute atomic E-state index is 11.5. The van der Waals surface area contributed by atoms with E-state index in [9.17, 15) is 15.2 Å². The summed E-state index contributed by atoms with van der Waals surface area (Å²) in [6.45, 7) is 7.30. The van der Waals surface area contributed by atoms with Crippen molar-refractivity contribution < 1.29 is 19.4 Å². The first-order valence-electron chi connectivity index (χ1n) is 8.14. The summed E-state index contributed by atoms with van der Waals surface area (Å²) in [5, 5.41) is 18.8. The number of carbonyl (C=O) groups is 1. The molecule has 0 spiro atoms. The second-order valence-corrected chi connectivity index (χ2v) is 8.63. The fourth-order valence-electron chi connectivity index (χ4n) is 3.73. The van der Waals surface area contributed by atoms with Crippen LogP contribution in [-0.4, -0.2) is 48.0 Å². The molecule has 3 atom stereocenters. The number of fused-ring (bicyclic) bond motifs is 2. The molecule has 0 saturated carbocycles. The van der Waals surface area contributed by atoms with E-state index in [1.165, 1.54) is 4.90 Å². The van der Waals surface area contributed by atoms with Crippen LogP contribution in [0.5, 0.6) is 5.75 Å². The monoisotopic (exact) mass is 408 g/mol. The average Bonchev–Trinajstić information content (AvgIpc) is 2.75. The highest BCUT2D eigenvalue weighted by molar-refractivity contribution is 9.10. The molecule has 1 N–H and O–H groups in total. The summed E-state index contributed by atoms with van der Waals surface area (Å²) in [5.74, 6) is 0.503. The Morgan fingerprint density at radius 1 is 1.52 bits per heavy atom. The number of amides is 1. The molecule has 1 aromatic rings. The molecule has 6 nitrogen and oxygen atoms in total. The molecule has 3 rings (SSSR count). The van der Waals surface area contributed by atoms with E-state index in [1.54, 1.807) is 12.1 Å². The molecule has 2 saturated heterocycles. The Balaban J connectivity index is 1.98. The third kappa shape index (κ3) is 2.98. The fraction of sp³-hybridized carbons (Fsp3) is 0.556. The van der Waals surface area contributed by atoms with Crippen molar-refractivity contribution in [3.63, 3.8) is 0 Å². The number of nitrogens with zero attached hydrogens (tertiary/aromatic N) is 2. The van der Waals surface area contributed by atoms with Crippen LogP contribution in [0.4, 0.5) is 4.79 Å². The number of carboxylic acid groups (broad SMARTS) is 1. The van der Waals surface area contributed by atoms with Gasteiger partial charge in [0.15, 0.2) is 0 Å². The molecule has 0 aromatic heterocycles. The maximum atomic E-state index is 11.5. The predicted molar refractivity (Wildman–Crippen MR) is 94.5 cm³/mol. The minimum absolute atomic E-state index is 0.233. The molecule has 0 aliphatic carbocycles. The summed E-state index contributed by atoms with van der Waals surface area (Å²) in [4.78, 5) is 12.9. The van der Waals surface area contributed by atoms with Gasteiger partial charge in [-0.15, -0.1) is 0 Å². The molecule has 2 fully saturated rings. The van der Waals surface area contributed by atoms with Gasteiger partial charge in [-0.3, -0.25) is 0 Å². The van der Waals surface area contributed by atoms with Crippen molar-refractivity contribution in [2.45, 2.75) is 33.0 Å². The van der Waals surface area contributed by atoms with Gasteiger partial charge >= 0.3 is 6.09 Å². The van der Waals surface area contributed by atoms with E-state index in [4.69, 9.17) is 9.47 Å². The van der Waals surface area contributed by atoms with Gasteiger partial charge in [0.1, 0.15) is 24.0 Å². The molecule has 2 heterocycles. The van der Waals surface area contributed by atoms with Gasteiger partial charge in [0.05, 0.1) is 24.1 Å². The van der Waals surface area contributed by atoms with Crippen LogP contribution in [0.1, 0.15) is 26.3 Å². The zero-order chi connectivity index (χ0) is 18.4.